The fourth-order valence-electron chi connectivity index (χ4n) is 1.96. The monoisotopic (exact) mass is 274 g/mol. The van der Waals surface area contributed by atoms with E-state index in [2.05, 4.69) is 5.32 Å². The Labute approximate surface area is 111 Å². The van der Waals surface area contributed by atoms with Crippen molar-refractivity contribution in [3.05, 3.63) is 0 Å². The summed E-state index contributed by atoms with van der Waals surface area (Å²) in [4.78, 5) is 35.3. The second kappa shape index (κ2) is 7.70. The highest BCUT2D eigenvalue weighted by atomic mass is 19.1. The summed E-state index contributed by atoms with van der Waals surface area (Å²) in [5.41, 5.74) is 0. The van der Waals surface area contributed by atoms with Crippen LogP contribution in [-0.4, -0.2) is 53.6 Å². The molecule has 1 unspecified atom stereocenters. The van der Waals surface area contributed by atoms with Crippen LogP contribution in [0.2, 0.25) is 0 Å². The molecule has 1 saturated heterocycles. The quantitative estimate of drug-likeness (QED) is 0.755. The van der Waals surface area contributed by atoms with Gasteiger partial charge in [-0.2, -0.15) is 0 Å². The summed E-state index contributed by atoms with van der Waals surface area (Å²) in [5, 5.41) is 10.7. The molecule has 2 amide bonds. The van der Waals surface area contributed by atoms with Gasteiger partial charge in [0.1, 0.15) is 6.67 Å². The van der Waals surface area contributed by atoms with Crippen LogP contribution in [-0.2, 0) is 14.4 Å². The number of nitrogens with zero attached hydrogens (tertiary/aromatic N) is 1. The first-order valence-corrected chi connectivity index (χ1v) is 6.40. The Morgan fingerprint density at radius 3 is 2.63 bits per heavy atom. The number of rotatable bonds is 5. The molecule has 19 heavy (non-hydrogen) atoms. The Kier molecular flexibility index (Phi) is 6.24. The maximum atomic E-state index is 12.4. The second-order valence-electron chi connectivity index (χ2n) is 4.59. The van der Waals surface area contributed by atoms with Crippen molar-refractivity contribution in [2.75, 3.05) is 19.8 Å². The normalized spacial score (nSPS) is 18.4. The first-order valence-electron chi connectivity index (χ1n) is 6.40. The zero-order chi connectivity index (χ0) is 14.3. The topological polar surface area (TPSA) is 86.7 Å². The molecule has 1 heterocycles. The van der Waals surface area contributed by atoms with Gasteiger partial charge >= 0.3 is 5.97 Å². The summed E-state index contributed by atoms with van der Waals surface area (Å²) >= 11 is 0. The Morgan fingerprint density at radius 1 is 1.32 bits per heavy atom. The molecule has 1 aliphatic rings. The Balaban J connectivity index is 2.49. The lowest BCUT2D eigenvalue weighted by Gasteiger charge is -2.24. The Hall–Kier alpha value is -1.66. The minimum absolute atomic E-state index is 0.109. The molecule has 0 spiro atoms. The van der Waals surface area contributed by atoms with E-state index in [1.165, 1.54) is 4.90 Å². The minimum Gasteiger partial charge on any atom is -0.480 e. The number of nitrogens with one attached hydrogen (secondary N) is 1. The molecule has 6 nitrogen and oxygen atoms in total. The van der Waals surface area contributed by atoms with Crippen LogP contribution >= 0.6 is 0 Å². The third-order valence-corrected chi connectivity index (χ3v) is 3.04. The smallest absolute Gasteiger partial charge is 0.328 e. The van der Waals surface area contributed by atoms with Crippen molar-refractivity contribution in [1.29, 1.82) is 0 Å². The average molecular weight is 274 g/mol. The lowest BCUT2D eigenvalue weighted by Crippen LogP contribution is -2.48. The lowest BCUT2D eigenvalue weighted by atomic mass is 10.1. The maximum absolute atomic E-state index is 12.4. The second-order valence-corrected chi connectivity index (χ2v) is 4.59. The highest BCUT2D eigenvalue weighted by Crippen LogP contribution is 2.11. The molecule has 0 aromatic carbocycles. The van der Waals surface area contributed by atoms with Gasteiger partial charge in [0, 0.05) is 13.0 Å². The van der Waals surface area contributed by atoms with Crippen molar-refractivity contribution in [1.82, 2.24) is 10.2 Å². The van der Waals surface area contributed by atoms with E-state index in [9.17, 15) is 18.8 Å². The number of amides is 2. The number of halogens is 1. The lowest BCUT2D eigenvalue weighted by molar-refractivity contribution is -0.143. The third kappa shape index (κ3) is 5.23. The molecule has 0 saturated carbocycles. The van der Waals surface area contributed by atoms with Crippen molar-refractivity contribution in [3.8, 4) is 0 Å². The molecular formula is C12H19FN2O4. The van der Waals surface area contributed by atoms with Crippen LogP contribution in [0.25, 0.3) is 0 Å². The van der Waals surface area contributed by atoms with Gasteiger partial charge in [-0.25, -0.2) is 9.18 Å². The molecule has 1 rings (SSSR count). The van der Waals surface area contributed by atoms with Gasteiger partial charge in [-0.3, -0.25) is 9.59 Å². The van der Waals surface area contributed by atoms with E-state index in [0.717, 1.165) is 25.7 Å². The first kappa shape index (κ1) is 15.4. The van der Waals surface area contributed by atoms with Crippen molar-refractivity contribution in [2.24, 2.45) is 0 Å². The van der Waals surface area contributed by atoms with Gasteiger partial charge in [0.25, 0.3) is 0 Å². The number of carbonyl (C=O) groups excluding carboxylic acids is 2. The number of hydrogen-bond acceptors (Lipinski definition) is 3. The van der Waals surface area contributed by atoms with E-state index in [4.69, 9.17) is 5.11 Å². The molecule has 108 valence electrons. The summed E-state index contributed by atoms with van der Waals surface area (Å²) in [6, 6.07) is -1.54. The summed E-state index contributed by atoms with van der Waals surface area (Å²) < 4.78 is 12.4. The van der Waals surface area contributed by atoms with E-state index < -0.39 is 24.6 Å². The predicted molar refractivity (Wildman–Crippen MR) is 65.2 cm³/mol. The van der Waals surface area contributed by atoms with Gasteiger partial charge in [0.2, 0.25) is 11.8 Å². The van der Waals surface area contributed by atoms with Gasteiger partial charge in [0.05, 0.1) is 6.54 Å². The van der Waals surface area contributed by atoms with Crippen LogP contribution in [0.3, 0.4) is 0 Å². The number of aliphatic carboxylic acids is 1. The fraction of sp³-hybridized carbons (Fsp3) is 0.750. The maximum Gasteiger partial charge on any atom is 0.328 e. The minimum atomic E-state index is -1.54. The van der Waals surface area contributed by atoms with Crippen molar-refractivity contribution < 1.29 is 23.9 Å². The fourth-order valence-corrected chi connectivity index (χ4v) is 1.96. The highest BCUT2D eigenvalue weighted by molar-refractivity contribution is 5.88. The standard InChI is InChI=1S/C12H19FN2O4/c13-7-9(12(18)19)14-10(16)8-15-6-4-2-1-3-5-11(15)17/h9H,1-8H2,(H,14,16)(H,18,19). The van der Waals surface area contributed by atoms with Crippen molar-refractivity contribution in [2.45, 2.75) is 38.1 Å². The van der Waals surface area contributed by atoms with Gasteiger partial charge in [-0.1, -0.05) is 12.8 Å². The Morgan fingerprint density at radius 2 is 2.00 bits per heavy atom. The highest BCUT2D eigenvalue weighted by Gasteiger charge is 2.23. The summed E-state index contributed by atoms with van der Waals surface area (Å²) in [7, 11) is 0. The van der Waals surface area contributed by atoms with Crippen LogP contribution < -0.4 is 5.32 Å². The molecule has 2 N–H and O–H groups in total. The van der Waals surface area contributed by atoms with E-state index in [0.29, 0.717) is 13.0 Å². The molecule has 1 fully saturated rings. The summed E-state index contributed by atoms with van der Waals surface area (Å²) in [6.07, 6.45) is 4.05. The Bertz CT molecular complexity index is 349. The third-order valence-electron chi connectivity index (χ3n) is 3.04. The summed E-state index contributed by atoms with van der Waals surface area (Å²) in [5.74, 6) is -2.17. The van der Waals surface area contributed by atoms with Crippen molar-refractivity contribution in [3.63, 3.8) is 0 Å². The molecule has 0 aliphatic carbocycles. The number of hydrogen-bond donors (Lipinski definition) is 2. The molecule has 0 aromatic heterocycles. The van der Waals surface area contributed by atoms with Gasteiger partial charge < -0.3 is 15.3 Å². The van der Waals surface area contributed by atoms with Crippen LogP contribution in [0, 0.1) is 0 Å². The van der Waals surface area contributed by atoms with E-state index in [-0.39, 0.29) is 12.5 Å². The van der Waals surface area contributed by atoms with E-state index in [1.54, 1.807) is 0 Å². The largest absolute Gasteiger partial charge is 0.480 e. The van der Waals surface area contributed by atoms with Gasteiger partial charge in [-0.05, 0) is 12.8 Å². The van der Waals surface area contributed by atoms with Crippen LogP contribution in [0.15, 0.2) is 0 Å². The average Bonchev–Trinajstić information content (AvgIpc) is 2.35. The molecule has 0 bridgehead atoms. The van der Waals surface area contributed by atoms with E-state index in [1.807, 2.05) is 0 Å². The molecular weight excluding hydrogens is 255 g/mol. The SMILES string of the molecule is O=C(CN1CCCCCCC1=O)NC(CF)C(=O)O. The zero-order valence-electron chi connectivity index (χ0n) is 10.7. The predicted octanol–water partition coefficient (Wildman–Crippen LogP) is 0.318. The van der Waals surface area contributed by atoms with E-state index >= 15 is 0 Å². The van der Waals surface area contributed by atoms with Crippen molar-refractivity contribution >= 4 is 17.8 Å². The number of likely N-dealkylation sites (tertiary alicyclic amines) is 1. The first-order chi connectivity index (χ1) is 9.04. The molecule has 1 atom stereocenters. The number of carboxylic acids is 1. The molecule has 7 heteroatoms. The number of carboxylic acid groups (broad SMARTS) is 1. The molecule has 0 aromatic rings. The molecule has 0 radical (unpaired) electrons. The van der Waals surface area contributed by atoms with Crippen LogP contribution in [0.5, 0.6) is 0 Å². The summed E-state index contributed by atoms with van der Waals surface area (Å²) in [6.45, 7) is -0.892. The van der Waals surface area contributed by atoms with Crippen LogP contribution in [0.4, 0.5) is 4.39 Å². The van der Waals surface area contributed by atoms with Gasteiger partial charge in [-0.15, -0.1) is 0 Å². The number of alkyl halides is 1. The van der Waals surface area contributed by atoms with Gasteiger partial charge in [0.15, 0.2) is 6.04 Å². The number of carbonyl (C=O) groups is 3. The molecule has 1 aliphatic heterocycles. The van der Waals surface area contributed by atoms with Crippen LogP contribution in [0.1, 0.15) is 32.1 Å². The zero-order valence-corrected chi connectivity index (χ0v) is 10.7.